The van der Waals surface area contributed by atoms with Crippen LogP contribution in [0.25, 0.3) is 11.4 Å². The third-order valence-electron chi connectivity index (χ3n) is 6.09. The molecule has 3 heterocycles. The number of hydrazine groups is 1. The number of rotatable bonds is 9. The van der Waals surface area contributed by atoms with E-state index in [-0.39, 0.29) is 28.6 Å². The number of ether oxygens (including phenoxy) is 2. The predicted octanol–water partition coefficient (Wildman–Crippen LogP) is 3.72. The standard InChI is InChI=1S/C25H23FN8O6/c1-13-28-22(32-40-13)14-6-8-15(9-7-14)29-21(16-11-19(38-2)20(39-3)12-17(16)26)23-30-25(35)33(31-23)24-18(34(36)37)5-4-10-27-24/h4-12,21,23,29,31H,1-3H3,(H,30,35). The van der Waals surface area contributed by atoms with E-state index in [0.29, 0.717) is 23.0 Å². The van der Waals surface area contributed by atoms with Crippen LogP contribution in [0.1, 0.15) is 17.5 Å². The number of amides is 2. The van der Waals surface area contributed by atoms with Crippen molar-refractivity contribution < 1.29 is 28.1 Å². The average molecular weight is 551 g/mol. The number of carbonyl (C=O) groups is 1. The number of aromatic nitrogens is 3. The maximum Gasteiger partial charge on any atom is 0.339 e. The summed E-state index contributed by atoms with van der Waals surface area (Å²) in [6, 6.07) is 10.5. The van der Waals surface area contributed by atoms with Gasteiger partial charge in [0.1, 0.15) is 12.0 Å². The van der Waals surface area contributed by atoms with Gasteiger partial charge >= 0.3 is 11.7 Å². The predicted molar refractivity (Wildman–Crippen MR) is 139 cm³/mol. The highest BCUT2D eigenvalue weighted by Crippen LogP contribution is 2.36. The normalized spacial score (nSPS) is 15.4. The summed E-state index contributed by atoms with van der Waals surface area (Å²) < 4.78 is 31.1. The lowest BCUT2D eigenvalue weighted by Crippen LogP contribution is -2.44. The van der Waals surface area contributed by atoms with Crippen LogP contribution in [-0.2, 0) is 0 Å². The van der Waals surface area contributed by atoms with E-state index in [1.165, 1.54) is 44.7 Å². The summed E-state index contributed by atoms with van der Waals surface area (Å²) in [6.45, 7) is 1.68. The molecule has 15 heteroatoms. The van der Waals surface area contributed by atoms with Gasteiger partial charge in [-0.3, -0.25) is 10.1 Å². The van der Waals surface area contributed by atoms with E-state index in [1.807, 2.05) is 0 Å². The summed E-state index contributed by atoms with van der Waals surface area (Å²) in [7, 11) is 2.80. The van der Waals surface area contributed by atoms with Crippen LogP contribution in [0.3, 0.4) is 0 Å². The minimum atomic E-state index is -0.985. The van der Waals surface area contributed by atoms with Gasteiger partial charge in [0, 0.05) is 42.1 Å². The quantitative estimate of drug-likeness (QED) is 0.205. The number of urea groups is 1. The minimum absolute atomic E-state index is 0.116. The van der Waals surface area contributed by atoms with Crippen molar-refractivity contribution in [3.8, 4) is 22.9 Å². The Kier molecular flexibility index (Phi) is 7.11. The Hall–Kier alpha value is -5.31. The molecule has 1 fully saturated rings. The lowest BCUT2D eigenvalue weighted by molar-refractivity contribution is -0.384. The van der Waals surface area contributed by atoms with Gasteiger partial charge < -0.3 is 24.6 Å². The summed E-state index contributed by atoms with van der Waals surface area (Å²) in [5, 5.41) is 22.3. The molecule has 2 aromatic heterocycles. The van der Waals surface area contributed by atoms with E-state index >= 15 is 4.39 Å². The third-order valence-corrected chi connectivity index (χ3v) is 6.09. The monoisotopic (exact) mass is 550 g/mol. The number of aryl methyl sites for hydroxylation is 1. The first kappa shape index (κ1) is 26.3. The van der Waals surface area contributed by atoms with Crippen molar-refractivity contribution in [1.29, 1.82) is 0 Å². The van der Waals surface area contributed by atoms with Gasteiger partial charge in [-0.15, -0.1) is 0 Å². The van der Waals surface area contributed by atoms with Gasteiger partial charge in [0.25, 0.3) is 0 Å². The highest BCUT2D eigenvalue weighted by Gasteiger charge is 2.40. The molecule has 2 atom stereocenters. The summed E-state index contributed by atoms with van der Waals surface area (Å²) in [5.41, 5.74) is 3.85. The van der Waals surface area contributed by atoms with Crippen LogP contribution in [0.2, 0.25) is 0 Å². The molecule has 3 N–H and O–H groups in total. The van der Waals surface area contributed by atoms with E-state index < -0.39 is 29.0 Å². The molecule has 0 bridgehead atoms. The van der Waals surface area contributed by atoms with Gasteiger partial charge in [-0.05, 0) is 36.4 Å². The molecule has 206 valence electrons. The molecule has 4 aromatic rings. The molecule has 5 rings (SSSR count). The fraction of sp³-hybridized carbons (Fsp3) is 0.200. The van der Waals surface area contributed by atoms with Gasteiger partial charge in [0.2, 0.25) is 17.5 Å². The van der Waals surface area contributed by atoms with Crippen molar-refractivity contribution in [1.82, 2.24) is 25.9 Å². The Morgan fingerprint density at radius 2 is 1.90 bits per heavy atom. The number of hydrogen-bond acceptors (Lipinski definition) is 11. The molecule has 0 spiro atoms. The zero-order chi connectivity index (χ0) is 28.4. The number of nitrogens with zero attached hydrogens (tertiary/aromatic N) is 5. The molecule has 1 aliphatic rings. The van der Waals surface area contributed by atoms with Crippen molar-refractivity contribution in [3.63, 3.8) is 0 Å². The molecule has 40 heavy (non-hydrogen) atoms. The number of anilines is 2. The maximum atomic E-state index is 15.5. The van der Waals surface area contributed by atoms with Gasteiger partial charge in [-0.1, -0.05) is 5.16 Å². The molecular weight excluding hydrogens is 527 g/mol. The molecule has 1 aliphatic heterocycles. The molecule has 14 nitrogen and oxygen atoms in total. The van der Waals surface area contributed by atoms with Gasteiger partial charge in [0.15, 0.2) is 11.5 Å². The van der Waals surface area contributed by atoms with Crippen molar-refractivity contribution in [2.75, 3.05) is 24.5 Å². The van der Waals surface area contributed by atoms with Crippen LogP contribution >= 0.6 is 0 Å². The molecule has 2 unspecified atom stereocenters. The third kappa shape index (κ3) is 5.04. The van der Waals surface area contributed by atoms with Gasteiger partial charge in [0.05, 0.1) is 25.2 Å². The Morgan fingerprint density at radius 1 is 1.18 bits per heavy atom. The minimum Gasteiger partial charge on any atom is -0.493 e. The summed E-state index contributed by atoms with van der Waals surface area (Å²) >= 11 is 0. The molecule has 0 saturated carbocycles. The second-order valence-electron chi connectivity index (χ2n) is 8.56. The smallest absolute Gasteiger partial charge is 0.339 e. The van der Waals surface area contributed by atoms with Gasteiger partial charge in [-0.25, -0.2) is 19.2 Å². The zero-order valence-corrected chi connectivity index (χ0v) is 21.4. The molecule has 1 saturated heterocycles. The highest BCUT2D eigenvalue weighted by atomic mass is 19.1. The number of halogens is 1. The number of pyridine rings is 1. The number of benzene rings is 2. The van der Waals surface area contributed by atoms with Crippen molar-refractivity contribution >= 4 is 23.2 Å². The van der Waals surface area contributed by atoms with E-state index in [2.05, 4.69) is 31.2 Å². The lowest BCUT2D eigenvalue weighted by Gasteiger charge is -2.27. The number of nitro groups is 1. The Bertz CT molecular complexity index is 1560. The zero-order valence-electron chi connectivity index (χ0n) is 21.4. The summed E-state index contributed by atoms with van der Waals surface area (Å²) in [6.07, 6.45) is 0.336. The first-order valence-corrected chi connectivity index (χ1v) is 11.8. The van der Waals surface area contributed by atoms with E-state index in [0.717, 1.165) is 5.01 Å². The molecule has 2 aromatic carbocycles. The molecule has 0 radical (unpaired) electrons. The molecule has 0 aliphatic carbocycles. The largest absolute Gasteiger partial charge is 0.493 e. The van der Waals surface area contributed by atoms with Crippen LogP contribution in [0.4, 0.5) is 26.4 Å². The fourth-order valence-electron chi connectivity index (χ4n) is 4.21. The van der Waals surface area contributed by atoms with Crippen LogP contribution < -0.4 is 30.5 Å². The van der Waals surface area contributed by atoms with Crippen LogP contribution in [0, 0.1) is 22.9 Å². The number of nitrogens with one attached hydrogen (secondary N) is 3. The fourth-order valence-corrected chi connectivity index (χ4v) is 4.21. The van der Waals surface area contributed by atoms with Crippen molar-refractivity contribution in [3.05, 3.63) is 82.1 Å². The molecule has 2 amide bonds. The van der Waals surface area contributed by atoms with Crippen LogP contribution in [-0.4, -0.2) is 46.5 Å². The Labute approximate surface area is 226 Å². The summed E-state index contributed by atoms with van der Waals surface area (Å²) in [4.78, 5) is 32.1. The number of methoxy groups -OCH3 is 2. The van der Waals surface area contributed by atoms with Crippen LogP contribution in [0.5, 0.6) is 11.5 Å². The lowest BCUT2D eigenvalue weighted by atomic mass is 10.0. The van der Waals surface area contributed by atoms with Gasteiger partial charge in [-0.2, -0.15) is 10.4 Å². The van der Waals surface area contributed by atoms with Crippen molar-refractivity contribution in [2.24, 2.45) is 0 Å². The highest BCUT2D eigenvalue weighted by molar-refractivity contribution is 5.94. The Balaban J connectivity index is 1.51. The number of carbonyl (C=O) groups excluding carboxylic acids is 1. The van der Waals surface area contributed by atoms with Crippen LogP contribution in [0.15, 0.2) is 59.3 Å². The average Bonchev–Trinajstić information content (AvgIpc) is 3.57. The second kappa shape index (κ2) is 10.8. The van der Waals surface area contributed by atoms with E-state index in [4.69, 9.17) is 14.0 Å². The number of hydrogen-bond donors (Lipinski definition) is 3. The maximum absolute atomic E-state index is 15.5. The first-order valence-electron chi connectivity index (χ1n) is 11.8. The van der Waals surface area contributed by atoms with E-state index in [9.17, 15) is 14.9 Å². The van der Waals surface area contributed by atoms with E-state index in [1.54, 1.807) is 31.2 Å². The second-order valence-corrected chi connectivity index (χ2v) is 8.56. The first-order chi connectivity index (χ1) is 19.3. The topological polar surface area (TPSA) is 170 Å². The SMILES string of the molecule is COc1cc(F)c(C(Nc2ccc(-c3noc(C)n3)cc2)C2NC(=O)N(c3ncccc3[N+](=O)[O-])N2)cc1OC. The Morgan fingerprint density at radius 3 is 2.55 bits per heavy atom. The molecular formula is C25H23FN8O6. The summed E-state index contributed by atoms with van der Waals surface area (Å²) in [5.74, 6) is 0.392. The van der Waals surface area contributed by atoms with Crippen molar-refractivity contribution in [2.45, 2.75) is 19.1 Å².